The van der Waals surface area contributed by atoms with Crippen molar-refractivity contribution in [2.45, 2.75) is 13.8 Å². The van der Waals surface area contributed by atoms with Crippen LogP contribution >= 0.6 is 0 Å². The molecular weight excluding hydrogens is 148 g/mol. The average Bonchev–Trinajstić information content (AvgIpc) is 2.29. The van der Waals surface area contributed by atoms with Gasteiger partial charge in [-0.2, -0.15) is 0 Å². The van der Waals surface area contributed by atoms with Crippen LogP contribution in [0.4, 0.5) is 0 Å². The summed E-state index contributed by atoms with van der Waals surface area (Å²) >= 11 is 0. The Morgan fingerprint density at radius 3 is 2.91 bits per heavy atom. The first-order chi connectivity index (χ1) is 5.25. The van der Waals surface area contributed by atoms with Crippen LogP contribution in [0.2, 0.25) is 0 Å². The molecule has 1 aliphatic rings. The lowest BCUT2D eigenvalue weighted by Gasteiger charge is -1.92. The summed E-state index contributed by atoms with van der Waals surface area (Å²) in [5.74, 6) is -0.559. The van der Waals surface area contributed by atoms with E-state index in [1.807, 2.05) is 0 Å². The van der Waals surface area contributed by atoms with E-state index in [-0.39, 0.29) is 5.71 Å². The third-order valence-electron chi connectivity index (χ3n) is 1.09. The molecule has 0 fully saturated rings. The van der Waals surface area contributed by atoms with Crippen LogP contribution in [0.15, 0.2) is 10.3 Å². The van der Waals surface area contributed by atoms with Crippen molar-refractivity contribution in [1.82, 2.24) is 0 Å². The van der Waals surface area contributed by atoms with E-state index in [0.717, 1.165) is 0 Å². The van der Waals surface area contributed by atoms with Crippen molar-refractivity contribution in [3.8, 4) is 0 Å². The largest absolute Gasteiger partial charge is 0.395 e. The van der Waals surface area contributed by atoms with E-state index in [2.05, 4.69) is 20.0 Å². The second-order valence-electron chi connectivity index (χ2n) is 1.91. The van der Waals surface area contributed by atoms with Gasteiger partial charge in [-0.15, -0.1) is 0 Å². The topological polar surface area (TPSA) is 60.2 Å². The van der Waals surface area contributed by atoms with Gasteiger partial charge >= 0.3 is 5.97 Å². The maximum atomic E-state index is 10.7. The lowest BCUT2D eigenvalue weighted by atomic mass is 10.3. The summed E-state index contributed by atoms with van der Waals surface area (Å²) in [5.41, 5.74) is 0.593. The van der Waals surface area contributed by atoms with E-state index < -0.39 is 5.97 Å². The Hall–Kier alpha value is -1.39. The van der Waals surface area contributed by atoms with Gasteiger partial charge in [-0.25, -0.2) is 4.79 Å². The molecule has 1 aliphatic heterocycles. The summed E-state index contributed by atoms with van der Waals surface area (Å²) in [7, 11) is 0. The highest BCUT2D eigenvalue weighted by molar-refractivity contribution is 6.66. The molecule has 1 heterocycles. The highest BCUT2D eigenvalue weighted by atomic mass is 16.7. The van der Waals surface area contributed by atoms with Crippen molar-refractivity contribution in [2.24, 2.45) is 10.3 Å². The predicted molar refractivity (Wildman–Crippen MR) is 38.3 cm³/mol. The number of carbonyl (C=O) groups is 1. The van der Waals surface area contributed by atoms with Crippen LogP contribution in [0.3, 0.4) is 0 Å². The van der Waals surface area contributed by atoms with Gasteiger partial charge in [0.1, 0.15) is 12.3 Å². The summed E-state index contributed by atoms with van der Waals surface area (Å²) in [6.45, 7) is 3.82. The van der Waals surface area contributed by atoms with Gasteiger partial charge in [0, 0.05) is 0 Å². The highest BCUT2D eigenvalue weighted by Crippen LogP contribution is 2.00. The molecule has 0 unspecified atom stereocenters. The van der Waals surface area contributed by atoms with Crippen LogP contribution in [0.25, 0.3) is 0 Å². The molecule has 5 nitrogen and oxygen atoms in total. The molecule has 0 N–H and O–H groups in total. The van der Waals surface area contributed by atoms with E-state index in [1.165, 1.54) is 0 Å². The monoisotopic (exact) mass is 156 g/mol. The van der Waals surface area contributed by atoms with Crippen LogP contribution in [-0.2, 0) is 14.5 Å². The molecule has 0 atom stereocenters. The Morgan fingerprint density at radius 1 is 1.73 bits per heavy atom. The van der Waals surface area contributed by atoms with Gasteiger partial charge in [-0.1, -0.05) is 10.3 Å². The fourth-order valence-electron chi connectivity index (χ4n) is 0.577. The van der Waals surface area contributed by atoms with Gasteiger partial charge in [0.15, 0.2) is 0 Å². The minimum Gasteiger partial charge on any atom is -0.395 e. The highest BCUT2D eigenvalue weighted by Gasteiger charge is 2.24. The summed E-state index contributed by atoms with van der Waals surface area (Å²) in [6, 6.07) is 0. The molecule has 11 heavy (non-hydrogen) atoms. The first kappa shape index (κ1) is 7.71. The quantitative estimate of drug-likeness (QED) is 0.427. The van der Waals surface area contributed by atoms with Crippen molar-refractivity contribution in [3.05, 3.63) is 0 Å². The minimum atomic E-state index is -0.559. The molecule has 0 spiro atoms. The zero-order valence-electron chi connectivity index (χ0n) is 6.33. The number of carbonyl (C=O) groups excluding carboxylic acids is 1. The van der Waals surface area contributed by atoms with Gasteiger partial charge in [0.25, 0.3) is 0 Å². The fraction of sp³-hybridized carbons (Fsp3) is 0.500. The molecular formula is C6H8N2O3. The number of hydrogen-bond donors (Lipinski definition) is 0. The normalized spacial score (nSPS) is 20.0. The maximum Gasteiger partial charge on any atom is 0.389 e. The lowest BCUT2D eigenvalue weighted by molar-refractivity contribution is -0.134. The van der Waals surface area contributed by atoms with Crippen molar-refractivity contribution < 1.29 is 14.5 Å². The van der Waals surface area contributed by atoms with Gasteiger partial charge in [0.05, 0.1) is 0 Å². The Labute approximate surface area is 63.6 Å². The lowest BCUT2D eigenvalue weighted by Crippen LogP contribution is -2.15. The molecule has 0 bridgehead atoms. The van der Waals surface area contributed by atoms with E-state index in [9.17, 15) is 4.79 Å². The second-order valence-corrected chi connectivity index (χ2v) is 1.91. The summed E-state index contributed by atoms with van der Waals surface area (Å²) in [5, 5.41) is 6.92. The van der Waals surface area contributed by atoms with Crippen molar-refractivity contribution in [3.63, 3.8) is 0 Å². The minimum absolute atomic E-state index is 0.145. The first-order valence-corrected chi connectivity index (χ1v) is 3.22. The van der Waals surface area contributed by atoms with Crippen molar-refractivity contribution in [1.29, 1.82) is 0 Å². The van der Waals surface area contributed by atoms with Crippen molar-refractivity contribution in [2.75, 3.05) is 6.61 Å². The SMILES string of the molecule is CCON=C1C(=O)ON=C1C. The Morgan fingerprint density at radius 2 is 2.45 bits per heavy atom. The average molecular weight is 156 g/mol. The summed E-state index contributed by atoms with van der Waals surface area (Å²) in [6.07, 6.45) is 0. The standard InChI is InChI=1S/C6H8N2O3/c1-3-10-8-5-4(2)7-11-6(5)9/h3H2,1-2H3. The number of oxime groups is 2. The third-order valence-corrected chi connectivity index (χ3v) is 1.09. The molecule has 0 aliphatic carbocycles. The van der Waals surface area contributed by atoms with E-state index in [0.29, 0.717) is 12.3 Å². The molecule has 0 aromatic heterocycles. The predicted octanol–water partition coefficient (Wildman–Crippen LogP) is 0.312. The van der Waals surface area contributed by atoms with Crippen molar-refractivity contribution >= 4 is 17.4 Å². The molecule has 0 amide bonds. The maximum absolute atomic E-state index is 10.7. The Balaban J connectivity index is 2.69. The number of rotatable bonds is 2. The zero-order chi connectivity index (χ0) is 8.27. The second kappa shape index (κ2) is 3.14. The fourth-order valence-corrected chi connectivity index (χ4v) is 0.577. The molecule has 0 aromatic carbocycles. The zero-order valence-corrected chi connectivity index (χ0v) is 6.33. The molecule has 1 rings (SSSR count). The summed E-state index contributed by atoms with van der Waals surface area (Å²) < 4.78 is 0. The first-order valence-electron chi connectivity index (χ1n) is 3.22. The summed E-state index contributed by atoms with van der Waals surface area (Å²) in [4.78, 5) is 19.7. The van der Waals surface area contributed by atoms with Gasteiger partial charge in [0.2, 0.25) is 5.71 Å². The Bertz CT molecular complexity index is 232. The number of nitrogens with zero attached hydrogens (tertiary/aromatic N) is 2. The van der Waals surface area contributed by atoms with Crippen LogP contribution in [0.5, 0.6) is 0 Å². The van der Waals surface area contributed by atoms with E-state index in [4.69, 9.17) is 0 Å². The van der Waals surface area contributed by atoms with Gasteiger partial charge in [-0.3, -0.25) is 0 Å². The molecule has 5 heteroatoms. The van der Waals surface area contributed by atoms with Gasteiger partial charge < -0.3 is 9.68 Å². The Kier molecular flexibility index (Phi) is 2.20. The van der Waals surface area contributed by atoms with Crippen LogP contribution < -0.4 is 0 Å². The molecule has 60 valence electrons. The third kappa shape index (κ3) is 1.54. The molecule has 0 saturated heterocycles. The van der Waals surface area contributed by atoms with Crippen LogP contribution in [-0.4, -0.2) is 24.0 Å². The van der Waals surface area contributed by atoms with E-state index in [1.54, 1.807) is 13.8 Å². The van der Waals surface area contributed by atoms with Gasteiger partial charge in [-0.05, 0) is 13.8 Å². The molecule has 0 radical (unpaired) electrons. The van der Waals surface area contributed by atoms with E-state index >= 15 is 0 Å². The molecule has 0 aromatic rings. The van der Waals surface area contributed by atoms with Crippen LogP contribution in [0, 0.1) is 0 Å². The van der Waals surface area contributed by atoms with Crippen LogP contribution in [0.1, 0.15) is 13.8 Å². The number of hydrogen-bond acceptors (Lipinski definition) is 5. The molecule has 0 saturated carbocycles. The smallest absolute Gasteiger partial charge is 0.389 e.